The fourth-order valence-corrected chi connectivity index (χ4v) is 3.62. The Labute approximate surface area is 178 Å². The predicted octanol–water partition coefficient (Wildman–Crippen LogP) is 2.72. The normalized spacial score (nSPS) is 17.2. The zero-order valence-electron chi connectivity index (χ0n) is 17.0. The molecule has 2 aromatic carbocycles. The lowest BCUT2D eigenvalue weighted by atomic mass is 10.0. The molecule has 1 fully saturated rings. The van der Waals surface area contributed by atoms with Crippen molar-refractivity contribution >= 4 is 11.8 Å². The number of alkyl halides is 3. The Bertz CT molecular complexity index is 933. The second kappa shape index (κ2) is 9.82. The minimum atomic E-state index is -4.49. The van der Waals surface area contributed by atoms with Crippen LogP contribution in [-0.4, -0.2) is 43.0 Å². The first-order valence-corrected chi connectivity index (χ1v) is 9.85. The number of halogens is 3. The van der Waals surface area contributed by atoms with E-state index in [-0.39, 0.29) is 36.9 Å². The Hall–Kier alpha value is -3.07. The monoisotopic (exact) mass is 435 g/mol. The summed E-state index contributed by atoms with van der Waals surface area (Å²) in [5.41, 5.74) is 0.117. The zero-order chi connectivity index (χ0) is 22.4. The molecule has 1 heterocycles. The summed E-state index contributed by atoms with van der Waals surface area (Å²) in [6.45, 7) is 0.802. The Morgan fingerprint density at radius 3 is 2.55 bits per heavy atom. The fraction of sp³-hybridized carbons (Fsp3) is 0.364. The van der Waals surface area contributed by atoms with Crippen LogP contribution in [0.4, 0.5) is 13.2 Å². The number of benzene rings is 2. The quantitative estimate of drug-likeness (QED) is 0.702. The lowest BCUT2D eigenvalue weighted by Gasteiger charge is -2.35. The fourth-order valence-electron chi connectivity index (χ4n) is 3.62. The molecule has 1 aliphatic rings. The van der Waals surface area contributed by atoms with Gasteiger partial charge < -0.3 is 15.4 Å². The molecule has 0 radical (unpaired) electrons. The van der Waals surface area contributed by atoms with Crippen LogP contribution in [-0.2, 0) is 28.9 Å². The number of carbonyl (C=O) groups is 2. The predicted molar refractivity (Wildman–Crippen MR) is 108 cm³/mol. The van der Waals surface area contributed by atoms with Crippen molar-refractivity contribution in [3.05, 3.63) is 65.2 Å². The van der Waals surface area contributed by atoms with Gasteiger partial charge in [0.2, 0.25) is 11.8 Å². The number of hydrogen-bond acceptors (Lipinski definition) is 4. The third-order valence-corrected chi connectivity index (χ3v) is 5.19. The molecule has 6 nitrogen and oxygen atoms in total. The molecule has 2 amide bonds. The molecule has 0 aliphatic carbocycles. The van der Waals surface area contributed by atoms with Crippen LogP contribution < -0.4 is 15.4 Å². The molecule has 1 unspecified atom stereocenters. The molecule has 1 saturated heterocycles. The van der Waals surface area contributed by atoms with Crippen LogP contribution in [0.3, 0.4) is 0 Å². The van der Waals surface area contributed by atoms with E-state index in [0.29, 0.717) is 18.8 Å². The van der Waals surface area contributed by atoms with Crippen LogP contribution in [0.25, 0.3) is 0 Å². The van der Waals surface area contributed by atoms with Crippen molar-refractivity contribution in [1.29, 1.82) is 0 Å². The van der Waals surface area contributed by atoms with Gasteiger partial charge in [-0.05, 0) is 17.7 Å². The van der Waals surface area contributed by atoms with Gasteiger partial charge in [0.1, 0.15) is 5.75 Å². The SMILES string of the molecule is COc1ccccc1CNC(=O)CC1C(=O)NCCN1Cc1ccccc1C(F)(F)F. The van der Waals surface area contributed by atoms with Gasteiger partial charge in [0.15, 0.2) is 0 Å². The van der Waals surface area contributed by atoms with Gasteiger partial charge in [-0.1, -0.05) is 36.4 Å². The second-order valence-electron chi connectivity index (χ2n) is 7.22. The summed E-state index contributed by atoms with van der Waals surface area (Å²) in [6.07, 6.45) is -4.65. The molecule has 1 aliphatic heterocycles. The second-order valence-corrected chi connectivity index (χ2v) is 7.22. The molecular formula is C22H24F3N3O3. The minimum absolute atomic E-state index is 0.0733. The number of hydrogen-bond donors (Lipinski definition) is 2. The molecule has 2 N–H and O–H groups in total. The minimum Gasteiger partial charge on any atom is -0.496 e. The molecule has 0 spiro atoms. The van der Waals surface area contributed by atoms with Crippen LogP contribution >= 0.6 is 0 Å². The van der Waals surface area contributed by atoms with Gasteiger partial charge >= 0.3 is 6.18 Å². The molecule has 2 aromatic rings. The van der Waals surface area contributed by atoms with Gasteiger partial charge in [0.05, 0.1) is 25.1 Å². The Kier molecular flexibility index (Phi) is 7.17. The smallest absolute Gasteiger partial charge is 0.416 e. The Balaban J connectivity index is 1.69. The highest BCUT2D eigenvalue weighted by molar-refractivity contribution is 5.88. The van der Waals surface area contributed by atoms with Crippen molar-refractivity contribution in [1.82, 2.24) is 15.5 Å². The van der Waals surface area contributed by atoms with Crippen LogP contribution in [0, 0.1) is 0 Å². The summed E-state index contributed by atoms with van der Waals surface area (Å²) in [5.74, 6) is -0.117. The first-order valence-electron chi connectivity index (χ1n) is 9.85. The maximum atomic E-state index is 13.3. The third kappa shape index (κ3) is 5.75. The first kappa shape index (κ1) is 22.6. The Morgan fingerprint density at radius 1 is 1.16 bits per heavy atom. The van der Waals surface area contributed by atoms with Crippen molar-refractivity contribution in [2.45, 2.75) is 31.7 Å². The number of para-hydroxylation sites is 1. The van der Waals surface area contributed by atoms with E-state index in [0.717, 1.165) is 11.6 Å². The van der Waals surface area contributed by atoms with E-state index in [4.69, 9.17) is 4.74 Å². The highest BCUT2D eigenvalue weighted by Crippen LogP contribution is 2.32. The van der Waals surface area contributed by atoms with Gasteiger partial charge in [0, 0.05) is 31.7 Å². The molecule has 31 heavy (non-hydrogen) atoms. The van der Waals surface area contributed by atoms with Gasteiger partial charge in [0.25, 0.3) is 0 Å². The standard InChI is InChI=1S/C22H24F3N3O3/c1-31-19-9-5-3-6-15(19)13-27-20(29)12-18-21(30)26-10-11-28(18)14-16-7-2-4-8-17(16)22(23,24)25/h2-9,18H,10-14H2,1H3,(H,26,30)(H,27,29). The van der Waals surface area contributed by atoms with E-state index in [1.807, 2.05) is 18.2 Å². The van der Waals surface area contributed by atoms with Gasteiger partial charge in [-0.2, -0.15) is 13.2 Å². The molecular weight excluding hydrogens is 411 g/mol. The molecule has 0 bridgehead atoms. The number of nitrogens with zero attached hydrogens (tertiary/aromatic N) is 1. The largest absolute Gasteiger partial charge is 0.496 e. The van der Waals surface area contributed by atoms with Crippen LogP contribution in [0.2, 0.25) is 0 Å². The average molecular weight is 435 g/mol. The number of amides is 2. The lowest BCUT2D eigenvalue weighted by Crippen LogP contribution is -2.56. The van der Waals surface area contributed by atoms with E-state index in [9.17, 15) is 22.8 Å². The number of rotatable bonds is 7. The van der Waals surface area contributed by atoms with Gasteiger partial charge in [-0.25, -0.2) is 0 Å². The van der Waals surface area contributed by atoms with E-state index in [1.54, 1.807) is 11.0 Å². The van der Waals surface area contributed by atoms with E-state index in [1.165, 1.54) is 25.3 Å². The maximum absolute atomic E-state index is 13.3. The molecule has 0 aromatic heterocycles. The van der Waals surface area contributed by atoms with Crippen LogP contribution in [0.5, 0.6) is 5.75 Å². The lowest BCUT2D eigenvalue weighted by molar-refractivity contribution is -0.139. The molecule has 1 atom stereocenters. The van der Waals surface area contributed by atoms with Crippen LogP contribution in [0.1, 0.15) is 23.1 Å². The summed E-state index contributed by atoms with van der Waals surface area (Å²) >= 11 is 0. The van der Waals surface area contributed by atoms with Crippen molar-refractivity contribution in [3.63, 3.8) is 0 Å². The summed E-state index contributed by atoms with van der Waals surface area (Å²) in [5, 5.41) is 5.44. The summed E-state index contributed by atoms with van der Waals surface area (Å²) in [4.78, 5) is 26.5. The van der Waals surface area contributed by atoms with Gasteiger partial charge in [-0.3, -0.25) is 14.5 Å². The molecule has 166 valence electrons. The summed E-state index contributed by atoms with van der Waals surface area (Å²) in [7, 11) is 1.53. The van der Waals surface area contributed by atoms with E-state index in [2.05, 4.69) is 10.6 Å². The van der Waals surface area contributed by atoms with Crippen molar-refractivity contribution in [2.75, 3.05) is 20.2 Å². The average Bonchev–Trinajstić information content (AvgIpc) is 2.74. The van der Waals surface area contributed by atoms with Crippen LogP contribution in [0.15, 0.2) is 48.5 Å². The van der Waals surface area contributed by atoms with Crippen molar-refractivity contribution < 1.29 is 27.5 Å². The van der Waals surface area contributed by atoms with E-state index >= 15 is 0 Å². The first-order chi connectivity index (χ1) is 14.8. The Morgan fingerprint density at radius 2 is 1.84 bits per heavy atom. The van der Waals surface area contributed by atoms with Gasteiger partial charge in [-0.15, -0.1) is 0 Å². The highest BCUT2D eigenvalue weighted by atomic mass is 19.4. The number of ether oxygens (including phenoxy) is 1. The van der Waals surface area contributed by atoms with E-state index < -0.39 is 17.8 Å². The highest BCUT2D eigenvalue weighted by Gasteiger charge is 2.36. The summed E-state index contributed by atoms with van der Waals surface area (Å²) < 4.78 is 45.3. The summed E-state index contributed by atoms with van der Waals surface area (Å²) in [6, 6.07) is 11.6. The molecule has 3 rings (SSSR count). The maximum Gasteiger partial charge on any atom is 0.416 e. The number of methoxy groups -OCH3 is 1. The molecule has 0 saturated carbocycles. The number of nitrogens with one attached hydrogen (secondary N) is 2. The molecule has 9 heteroatoms. The van der Waals surface area contributed by atoms with Crippen molar-refractivity contribution in [3.8, 4) is 5.75 Å². The number of carbonyl (C=O) groups excluding carboxylic acids is 2. The third-order valence-electron chi connectivity index (χ3n) is 5.19. The van der Waals surface area contributed by atoms with Crippen molar-refractivity contribution in [2.24, 2.45) is 0 Å². The topological polar surface area (TPSA) is 70.7 Å². The zero-order valence-corrected chi connectivity index (χ0v) is 17.0. The number of piperazine rings is 1.